The topological polar surface area (TPSA) is 19.0 Å². The van der Waals surface area contributed by atoms with Crippen LogP contribution in [0.3, 0.4) is 0 Å². The van der Waals surface area contributed by atoms with E-state index in [2.05, 4.69) is 129 Å². The highest BCUT2D eigenvalue weighted by Crippen LogP contribution is 2.62. The van der Waals surface area contributed by atoms with Gasteiger partial charge in [-0.1, -0.05) is 113 Å². The molecule has 0 radical (unpaired) electrons. The second-order valence-electron chi connectivity index (χ2n) is 16.5. The van der Waals surface area contributed by atoms with Gasteiger partial charge in [0, 0.05) is 53.0 Å². The van der Waals surface area contributed by atoms with Gasteiger partial charge in [0.2, 0.25) is 0 Å². The zero-order valence-electron chi connectivity index (χ0n) is 28.9. The third kappa shape index (κ3) is 3.53. The zero-order chi connectivity index (χ0) is 33.0. The van der Waals surface area contributed by atoms with Gasteiger partial charge in [-0.3, -0.25) is 0 Å². The number of aromatic amines is 1. The van der Waals surface area contributed by atoms with Crippen LogP contribution in [0.4, 0.5) is 11.4 Å². The SMILES string of the molecule is CC(C)(C)c1cc2c3c(c1)C1(C)CCCCC1(C)N3c1c(c(-c3cccc4c3[nH]c3sc5ccccc5c34)cc3c1sc1ccccc13)B2. The van der Waals surface area contributed by atoms with Crippen LogP contribution in [0, 0.1) is 0 Å². The quantitative estimate of drug-likeness (QED) is 0.172. The first-order valence-corrected chi connectivity index (χ1v) is 19.7. The van der Waals surface area contributed by atoms with Crippen molar-refractivity contribution in [2.24, 2.45) is 0 Å². The number of para-hydroxylation sites is 1. The lowest BCUT2D eigenvalue weighted by Crippen LogP contribution is -2.57. The molecule has 5 heterocycles. The first-order valence-electron chi connectivity index (χ1n) is 18.0. The lowest BCUT2D eigenvalue weighted by atomic mass is 9.57. The molecule has 5 heteroatoms. The maximum Gasteiger partial charge on any atom is 0.198 e. The minimum absolute atomic E-state index is 0.00963. The number of nitrogens with zero attached hydrogens (tertiary/aromatic N) is 1. The molecule has 0 saturated heterocycles. The molecular formula is C44H39BN2S2. The lowest BCUT2D eigenvalue weighted by molar-refractivity contribution is 0.195. The van der Waals surface area contributed by atoms with Gasteiger partial charge in [-0.25, -0.2) is 0 Å². The summed E-state index contributed by atoms with van der Waals surface area (Å²) in [4.78, 5) is 8.15. The van der Waals surface area contributed by atoms with Crippen molar-refractivity contribution < 1.29 is 0 Å². The van der Waals surface area contributed by atoms with Crippen molar-refractivity contribution in [1.82, 2.24) is 4.98 Å². The highest BCUT2D eigenvalue weighted by Gasteiger charge is 2.60. The molecule has 3 aromatic heterocycles. The fraction of sp³-hybridized carbons (Fsp3) is 0.273. The van der Waals surface area contributed by atoms with Crippen molar-refractivity contribution in [1.29, 1.82) is 0 Å². The molecule has 2 aliphatic heterocycles. The number of hydrogen-bond donors (Lipinski definition) is 1. The van der Waals surface area contributed by atoms with E-state index < -0.39 is 0 Å². The van der Waals surface area contributed by atoms with Gasteiger partial charge in [0.15, 0.2) is 7.28 Å². The van der Waals surface area contributed by atoms with Crippen LogP contribution in [0.15, 0.2) is 84.9 Å². The fourth-order valence-electron chi connectivity index (χ4n) is 10.2. The van der Waals surface area contributed by atoms with E-state index in [-0.39, 0.29) is 16.4 Å². The van der Waals surface area contributed by atoms with Crippen molar-refractivity contribution >= 4 is 104 Å². The number of rotatable bonds is 1. The Hall–Kier alpha value is -4.06. The van der Waals surface area contributed by atoms with E-state index in [0.29, 0.717) is 0 Å². The number of thiophene rings is 2. The molecule has 2 nitrogen and oxygen atoms in total. The van der Waals surface area contributed by atoms with E-state index in [1.165, 1.54) is 116 Å². The predicted molar refractivity (Wildman–Crippen MR) is 217 cm³/mol. The van der Waals surface area contributed by atoms with Crippen LogP contribution in [0.2, 0.25) is 0 Å². The lowest BCUT2D eigenvalue weighted by Gasteiger charge is -2.51. The van der Waals surface area contributed by atoms with Crippen molar-refractivity contribution in [2.45, 2.75) is 76.7 Å². The Morgan fingerprint density at radius 1 is 0.735 bits per heavy atom. The summed E-state index contributed by atoms with van der Waals surface area (Å²) in [5.74, 6) is 0. The third-order valence-corrected chi connectivity index (χ3v) is 15.2. The predicted octanol–water partition coefficient (Wildman–Crippen LogP) is 11.3. The molecule has 1 N–H and O–H groups in total. The summed E-state index contributed by atoms with van der Waals surface area (Å²) >= 11 is 3.88. The summed E-state index contributed by atoms with van der Waals surface area (Å²) in [5, 5.41) is 6.82. The molecule has 1 aliphatic carbocycles. The highest BCUT2D eigenvalue weighted by atomic mass is 32.1. The minimum atomic E-state index is 0.00963. The maximum absolute atomic E-state index is 3.97. The number of nitrogens with one attached hydrogen (secondary N) is 1. The Balaban J connectivity index is 1.28. The van der Waals surface area contributed by atoms with Crippen molar-refractivity contribution in [3.8, 4) is 11.1 Å². The van der Waals surface area contributed by atoms with Crippen LogP contribution in [0.25, 0.3) is 62.5 Å². The smallest absolute Gasteiger partial charge is 0.198 e. The summed E-state index contributed by atoms with van der Waals surface area (Å²) in [6.07, 6.45) is 5.06. The molecule has 1 fully saturated rings. The van der Waals surface area contributed by atoms with Crippen molar-refractivity contribution in [2.75, 3.05) is 4.90 Å². The average Bonchev–Trinajstić information content (AvgIpc) is 3.81. The van der Waals surface area contributed by atoms with E-state index >= 15 is 0 Å². The highest BCUT2D eigenvalue weighted by molar-refractivity contribution is 7.26. The normalized spacial score (nSPS) is 21.5. The Morgan fingerprint density at radius 2 is 1.47 bits per heavy atom. The van der Waals surface area contributed by atoms with Crippen LogP contribution in [0.5, 0.6) is 0 Å². The van der Waals surface area contributed by atoms with E-state index in [1.54, 1.807) is 5.56 Å². The number of aromatic nitrogens is 1. The molecule has 3 aliphatic rings. The van der Waals surface area contributed by atoms with Gasteiger partial charge in [-0.2, -0.15) is 0 Å². The van der Waals surface area contributed by atoms with Crippen LogP contribution in [-0.4, -0.2) is 17.8 Å². The molecule has 49 heavy (non-hydrogen) atoms. The number of fused-ring (bicyclic) bond motifs is 14. The molecule has 11 rings (SSSR count). The molecule has 2 unspecified atom stereocenters. The Morgan fingerprint density at radius 3 is 2.29 bits per heavy atom. The molecule has 0 amide bonds. The summed E-state index contributed by atoms with van der Waals surface area (Å²) in [5.41, 5.74) is 13.3. The fourth-order valence-corrected chi connectivity index (χ4v) is 12.6. The molecule has 0 spiro atoms. The van der Waals surface area contributed by atoms with Gasteiger partial charge in [-0.15, -0.1) is 22.7 Å². The summed E-state index contributed by atoms with van der Waals surface area (Å²) in [6.45, 7) is 12.4. The van der Waals surface area contributed by atoms with Gasteiger partial charge >= 0.3 is 0 Å². The second kappa shape index (κ2) is 9.38. The number of anilines is 2. The Kier molecular flexibility index (Phi) is 5.50. The third-order valence-electron chi connectivity index (χ3n) is 12.9. The maximum atomic E-state index is 3.97. The second-order valence-corrected chi connectivity index (χ2v) is 18.6. The summed E-state index contributed by atoms with van der Waals surface area (Å²) < 4.78 is 4.18. The Labute approximate surface area is 296 Å². The van der Waals surface area contributed by atoms with Gasteiger partial charge in [0.1, 0.15) is 4.83 Å². The average molecular weight is 671 g/mol. The number of hydrogen-bond acceptors (Lipinski definition) is 3. The van der Waals surface area contributed by atoms with Crippen LogP contribution in [0.1, 0.15) is 71.4 Å². The van der Waals surface area contributed by atoms with E-state index in [0.717, 1.165) is 7.28 Å². The van der Waals surface area contributed by atoms with Crippen LogP contribution < -0.4 is 15.8 Å². The molecule has 2 atom stereocenters. The van der Waals surface area contributed by atoms with E-state index in [4.69, 9.17) is 0 Å². The largest absolute Gasteiger partial charge is 0.346 e. The first kappa shape index (κ1) is 28.8. The standard InChI is InChI=1S/C44H39BN2S2/c1-42(2,3)24-21-31-38-32(22-24)45-36-29(26-15-12-16-28-35-27-14-7-9-18-34(27)49-41(35)46-37(26)28)23-30-25-13-6-8-17-33(25)48-40(30)39(36)47(38)44(5)20-11-10-19-43(31,44)4/h6-9,12-18,21-23,45-46H,10-11,19-20H2,1-5H3. The van der Waals surface area contributed by atoms with Gasteiger partial charge in [-0.05, 0) is 65.5 Å². The molecular weight excluding hydrogens is 631 g/mol. The van der Waals surface area contributed by atoms with E-state index in [1.807, 2.05) is 22.7 Å². The van der Waals surface area contributed by atoms with Crippen molar-refractivity contribution in [3.05, 3.63) is 96.1 Å². The summed E-state index contributed by atoms with van der Waals surface area (Å²) in [7, 11) is 0.957. The number of benzene rings is 5. The molecule has 1 saturated carbocycles. The van der Waals surface area contributed by atoms with Crippen molar-refractivity contribution in [3.63, 3.8) is 0 Å². The first-order chi connectivity index (χ1) is 23.7. The molecule has 8 aromatic rings. The van der Waals surface area contributed by atoms with Gasteiger partial charge in [0.05, 0.1) is 21.4 Å². The Bertz CT molecular complexity index is 2740. The number of H-pyrrole nitrogens is 1. The van der Waals surface area contributed by atoms with Crippen LogP contribution >= 0.6 is 22.7 Å². The molecule has 240 valence electrons. The summed E-state index contributed by atoms with van der Waals surface area (Å²) in [6, 6.07) is 32.7. The monoisotopic (exact) mass is 670 g/mol. The van der Waals surface area contributed by atoms with Gasteiger partial charge in [0.25, 0.3) is 0 Å². The van der Waals surface area contributed by atoms with E-state index in [9.17, 15) is 0 Å². The van der Waals surface area contributed by atoms with Crippen LogP contribution in [-0.2, 0) is 10.8 Å². The van der Waals surface area contributed by atoms with Gasteiger partial charge < -0.3 is 9.88 Å². The molecule has 0 bridgehead atoms. The minimum Gasteiger partial charge on any atom is -0.346 e. The zero-order valence-corrected chi connectivity index (χ0v) is 30.5. The molecule has 5 aromatic carbocycles.